The molecular weight excluding hydrogens is 184 g/mol. The third-order valence-corrected chi connectivity index (χ3v) is 1.97. The van der Waals surface area contributed by atoms with Crippen LogP contribution < -0.4 is 0 Å². The molecule has 0 aromatic rings. The van der Waals surface area contributed by atoms with Gasteiger partial charge in [0.05, 0.1) is 0 Å². The van der Waals surface area contributed by atoms with E-state index in [1.165, 1.54) is 0 Å². The maximum Gasteiger partial charge on any atom is 0.123 e. The zero-order valence-electron chi connectivity index (χ0n) is 9.07. The summed E-state index contributed by atoms with van der Waals surface area (Å²) in [6.07, 6.45) is 14.6. The Morgan fingerprint density at radius 3 is 2.87 bits per heavy atom. The normalized spacial score (nSPS) is 24.5. The Morgan fingerprint density at radius 2 is 2.13 bits per heavy atom. The van der Waals surface area contributed by atoms with Gasteiger partial charge < -0.3 is 4.74 Å². The maximum absolute atomic E-state index is 5.46. The van der Waals surface area contributed by atoms with Crippen LogP contribution in [0.25, 0.3) is 0 Å². The molecule has 0 aromatic heterocycles. The summed E-state index contributed by atoms with van der Waals surface area (Å²) < 4.78 is 5.46. The highest BCUT2D eigenvalue weighted by Gasteiger charge is 2.03. The Labute approximate surface area is 91.5 Å². The van der Waals surface area contributed by atoms with E-state index in [9.17, 15) is 0 Å². The predicted molar refractivity (Wildman–Crippen MR) is 65.2 cm³/mol. The zero-order valence-corrected chi connectivity index (χ0v) is 9.07. The van der Waals surface area contributed by atoms with Crippen LogP contribution in [0.4, 0.5) is 0 Å². The molecule has 0 unspecified atom stereocenters. The van der Waals surface area contributed by atoms with Crippen molar-refractivity contribution in [3.63, 3.8) is 0 Å². The Hall–Kier alpha value is -1.76. The Kier molecular flexibility index (Phi) is 4.42. The highest BCUT2D eigenvalue weighted by Crippen LogP contribution is 2.19. The number of allylic oxidation sites excluding steroid dienone is 8. The van der Waals surface area contributed by atoms with Gasteiger partial charge >= 0.3 is 0 Å². The summed E-state index contributed by atoms with van der Waals surface area (Å²) in [5, 5.41) is 0. The second kappa shape index (κ2) is 5.86. The van der Waals surface area contributed by atoms with Crippen molar-refractivity contribution >= 4 is 0 Å². The predicted octanol–water partition coefficient (Wildman–Crippen LogP) is 4.05. The van der Waals surface area contributed by atoms with E-state index in [-0.39, 0.29) is 0 Å². The number of ether oxygens (including phenoxy) is 1. The molecule has 0 radical (unpaired) electrons. The Morgan fingerprint density at radius 1 is 1.33 bits per heavy atom. The summed E-state index contributed by atoms with van der Waals surface area (Å²) in [7, 11) is 0. The lowest BCUT2D eigenvalue weighted by Gasteiger charge is -2.09. The SMILES string of the molecule is C=C1/C=C\C=C/C/C(=C/C=C\C)C(=C)O1. The molecule has 0 bridgehead atoms. The van der Waals surface area contributed by atoms with Crippen molar-refractivity contribution in [1.29, 1.82) is 0 Å². The molecular formula is C14H16O. The molecule has 0 atom stereocenters. The molecule has 1 aliphatic rings. The average Bonchev–Trinajstić information content (AvgIpc) is 2.27. The van der Waals surface area contributed by atoms with Crippen LogP contribution in [0.5, 0.6) is 0 Å². The van der Waals surface area contributed by atoms with Gasteiger partial charge in [0, 0.05) is 0 Å². The second-order valence-corrected chi connectivity index (χ2v) is 3.20. The minimum absolute atomic E-state index is 0.609. The van der Waals surface area contributed by atoms with Crippen molar-refractivity contribution in [1.82, 2.24) is 0 Å². The molecule has 1 heterocycles. The van der Waals surface area contributed by atoms with Gasteiger partial charge in [-0.05, 0) is 25.0 Å². The first-order valence-electron chi connectivity index (χ1n) is 4.95. The molecule has 0 fully saturated rings. The Balaban J connectivity index is 2.89. The molecule has 0 aromatic carbocycles. The first-order chi connectivity index (χ1) is 7.24. The van der Waals surface area contributed by atoms with E-state index < -0.39 is 0 Å². The van der Waals surface area contributed by atoms with Gasteiger partial charge in [-0.3, -0.25) is 0 Å². The fraction of sp³-hybridized carbons (Fsp3) is 0.143. The van der Waals surface area contributed by atoms with Gasteiger partial charge in [-0.15, -0.1) is 0 Å². The zero-order chi connectivity index (χ0) is 11.1. The lowest BCUT2D eigenvalue weighted by Crippen LogP contribution is -1.92. The van der Waals surface area contributed by atoms with E-state index in [1.54, 1.807) is 0 Å². The molecule has 78 valence electrons. The number of hydrogen-bond donors (Lipinski definition) is 0. The van der Waals surface area contributed by atoms with Gasteiger partial charge in [-0.25, -0.2) is 0 Å². The summed E-state index contributed by atoms with van der Waals surface area (Å²) in [6.45, 7) is 9.64. The van der Waals surface area contributed by atoms with Crippen molar-refractivity contribution in [3.8, 4) is 0 Å². The summed E-state index contributed by atoms with van der Waals surface area (Å²) >= 11 is 0. The molecule has 0 amide bonds. The molecule has 0 aliphatic carbocycles. The first-order valence-corrected chi connectivity index (χ1v) is 4.95. The highest BCUT2D eigenvalue weighted by atomic mass is 16.5. The first kappa shape index (κ1) is 11.3. The van der Waals surface area contributed by atoms with Gasteiger partial charge in [0.25, 0.3) is 0 Å². The van der Waals surface area contributed by atoms with E-state index in [4.69, 9.17) is 4.74 Å². The van der Waals surface area contributed by atoms with Crippen molar-refractivity contribution in [2.24, 2.45) is 0 Å². The minimum atomic E-state index is 0.609. The van der Waals surface area contributed by atoms with E-state index in [0.717, 1.165) is 12.0 Å². The molecule has 0 spiro atoms. The average molecular weight is 200 g/mol. The van der Waals surface area contributed by atoms with Crippen molar-refractivity contribution in [2.45, 2.75) is 13.3 Å². The van der Waals surface area contributed by atoms with Crippen LogP contribution in [-0.2, 0) is 4.74 Å². The van der Waals surface area contributed by atoms with Crippen LogP contribution in [0, 0.1) is 0 Å². The highest BCUT2D eigenvalue weighted by molar-refractivity contribution is 5.33. The van der Waals surface area contributed by atoms with Crippen LogP contribution in [0.15, 0.2) is 72.8 Å². The van der Waals surface area contributed by atoms with Gasteiger partial charge in [0.2, 0.25) is 0 Å². The Bertz CT molecular complexity index is 365. The lowest BCUT2D eigenvalue weighted by atomic mass is 10.1. The fourth-order valence-electron chi connectivity index (χ4n) is 1.18. The maximum atomic E-state index is 5.46. The van der Waals surface area contributed by atoms with Crippen molar-refractivity contribution < 1.29 is 4.74 Å². The third kappa shape index (κ3) is 3.86. The monoisotopic (exact) mass is 200 g/mol. The van der Waals surface area contributed by atoms with Crippen molar-refractivity contribution in [3.05, 3.63) is 72.8 Å². The fourth-order valence-corrected chi connectivity index (χ4v) is 1.18. The van der Waals surface area contributed by atoms with Gasteiger partial charge in [-0.1, -0.05) is 49.6 Å². The van der Waals surface area contributed by atoms with Crippen LogP contribution in [-0.4, -0.2) is 0 Å². The van der Waals surface area contributed by atoms with Crippen molar-refractivity contribution in [2.75, 3.05) is 0 Å². The lowest BCUT2D eigenvalue weighted by molar-refractivity contribution is 0.332. The van der Waals surface area contributed by atoms with E-state index in [2.05, 4.69) is 19.2 Å². The summed E-state index contributed by atoms with van der Waals surface area (Å²) in [5.41, 5.74) is 1.06. The summed E-state index contributed by atoms with van der Waals surface area (Å²) in [6, 6.07) is 0. The van der Waals surface area contributed by atoms with Gasteiger partial charge in [0.1, 0.15) is 11.5 Å². The summed E-state index contributed by atoms with van der Waals surface area (Å²) in [5.74, 6) is 1.27. The molecule has 1 heteroatoms. The molecule has 1 aliphatic heterocycles. The molecule has 0 saturated heterocycles. The third-order valence-electron chi connectivity index (χ3n) is 1.97. The second-order valence-electron chi connectivity index (χ2n) is 3.20. The van der Waals surface area contributed by atoms with Crippen LogP contribution in [0.1, 0.15) is 13.3 Å². The molecule has 0 N–H and O–H groups in total. The number of hydrogen-bond acceptors (Lipinski definition) is 1. The molecule has 1 rings (SSSR count). The molecule has 15 heavy (non-hydrogen) atoms. The van der Waals surface area contributed by atoms with E-state index in [1.807, 2.05) is 43.4 Å². The van der Waals surface area contributed by atoms with Crippen LogP contribution in [0.3, 0.4) is 0 Å². The van der Waals surface area contributed by atoms with Gasteiger partial charge in [-0.2, -0.15) is 0 Å². The molecule has 1 nitrogen and oxygen atoms in total. The molecule has 0 saturated carbocycles. The standard InChI is InChI=1S/C14H16O/c1-4-5-10-14-11-8-6-7-9-12(2)15-13(14)3/h4-10H,2-3,11H2,1H3/b5-4-,8-6-,9-7-,14-10-. The van der Waals surface area contributed by atoms with E-state index >= 15 is 0 Å². The van der Waals surface area contributed by atoms with Crippen LogP contribution >= 0.6 is 0 Å². The number of rotatable bonds is 1. The van der Waals surface area contributed by atoms with Crippen LogP contribution in [0.2, 0.25) is 0 Å². The quantitative estimate of drug-likeness (QED) is 0.620. The van der Waals surface area contributed by atoms with E-state index in [0.29, 0.717) is 11.5 Å². The minimum Gasteiger partial charge on any atom is -0.458 e. The topological polar surface area (TPSA) is 9.23 Å². The summed E-state index contributed by atoms with van der Waals surface area (Å²) in [4.78, 5) is 0. The largest absolute Gasteiger partial charge is 0.458 e. The smallest absolute Gasteiger partial charge is 0.123 e. The van der Waals surface area contributed by atoms with Gasteiger partial charge in [0.15, 0.2) is 0 Å².